The van der Waals surface area contributed by atoms with Crippen LogP contribution in [0, 0.1) is 0 Å². The molecule has 3 aromatic rings. The molecule has 4 rings (SSSR count). The van der Waals surface area contributed by atoms with Gasteiger partial charge < -0.3 is 0 Å². The average molecular weight is 507 g/mol. The minimum atomic E-state index is -3.74. The molecule has 0 saturated carbocycles. The molecule has 0 radical (unpaired) electrons. The van der Waals surface area contributed by atoms with Gasteiger partial charge in [-0.25, -0.2) is 21.6 Å². The summed E-state index contributed by atoms with van der Waals surface area (Å²) in [5.74, 6) is 0. The third kappa shape index (κ3) is 5.29. The molecular formula is C23H23ClN2O5S2. The minimum Gasteiger partial charge on any atom is -0.297 e. The fourth-order valence-electron chi connectivity index (χ4n) is 3.79. The monoisotopic (exact) mass is 506 g/mol. The van der Waals surface area contributed by atoms with Crippen molar-refractivity contribution in [3.63, 3.8) is 0 Å². The highest BCUT2D eigenvalue weighted by Gasteiger charge is 2.45. The van der Waals surface area contributed by atoms with Gasteiger partial charge in [-0.05, 0) is 42.0 Å². The maximum atomic E-state index is 13.4. The maximum Gasteiger partial charge on any atom is 0.240 e. The molecule has 1 saturated heterocycles. The Morgan fingerprint density at radius 2 is 1.45 bits per heavy atom. The number of benzene rings is 3. The van der Waals surface area contributed by atoms with Crippen LogP contribution in [0.25, 0.3) is 0 Å². The molecule has 0 aliphatic carbocycles. The van der Waals surface area contributed by atoms with Gasteiger partial charge in [0.15, 0.2) is 9.84 Å². The van der Waals surface area contributed by atoms with Gasteiger partial charge in [-0.15, -0.1) is 0 Å². The summed E-state index contributed by atoms with van der Waals surface area (Å²) in [4.78, 5) is 6.10. The van der Waals surface area contributed by atoms with E-state index >= 15 is 0 Å². The van der Waals surface area contributed by atoms with Gasteiger partial charge in [0.05, 0.1) is 22.4 Å². The predicted octanol–water partition coefficient (Wildman–Crippen LogP) is 3.45. The van der Waals surface area contributed by atoms with Crippen LogP contribution in [0.1, 0.15) is 11.6 Å². The lowest BCUT2D eigenvalue weighted by atomic mass is 10.0. The van der Waals surface area contributed by atoms with E-state index in [1.165, 1.54) is 24.3 Å². The Hall–Kier alpha value is -2.27. The SMILES string of the molecule is O=S(=O)(NCCN1OC[C@H](S(=O)(=O)c2ccccc2)[C@@H]1c1ccccc1)c1ccc(Cl)cc1. The molecule has 0 aromatic heterocycles. The molecule has 1 aliphatic heterocycles. The smallest absolute Gasteiger partial charge is 0.240 e. The zero-order chi connectivity index (χ0) is 23.5. The van der Waals surface area contributed by atoms with Gasteiger partial charge in [-0.3, -0.25) is 4.84 Å². The van der Waals surface area contributed by atoms with Gasteiger partial charge in [0, 0.05) is 18.1 Å². The molecule has 3 aromatic carbocycles. The highest BCUT2D eigenvalue weighted by atomic mass is 35.5. The second-order valence-electron chi connectivity index (χ2n) is 7.54. The molecule has 0 bridgehead atoms. The lowest BCUT2D eigenvalue weighted by Gasteiger charge is -2.26. The number of rotatable bonds is 8. The van der Waals surface area contributed by atoms with Crippen LogP contribution < -0.4 is 4.72 Å². The zero-order valence-corrected chi connectivity index (χ0v) is 19.9. The normalized spacial score (nSPS) is 19.5. The molecule has 0 unspecified atom stereocenters. The summed E-state index contributed by atoms with van der Waals surface area (Å²) in [5.41, 5.74) is 0.778. The van der Waals surface area contributed by atoms with E-state index in [1.807, 2.05) is 30.3 Å². The van der Waals surface area contributed by atoms with E-state index in [-0.39, 0.29) is 29.5 Å². The van der Waals surface area contributed by atoms with E-state index in [4.69, 9.17) is 16.4 Å². The van der Waals surface area contributed by atoms with Crippen LogP contribution in [-0.2, 0) is 24.7 Å². The van der Waals surface area contributed by atoms with Crippen LogP contribution in [0.15, 0.2) is 94.7 Å². The Bertz CT molecular complexity index is 1290. The second kappa shape index (κ2) is 9.92. The zero-order valence-electron chi connectivity index (χ0n) is 17.5. The molecule has 174 valence electrons. The summed E-state index contributed by atoms with van der Waals surface area (Å²) in [5, 5.41) is 1.15. The molecule has 7 nitrogen and oxygen atoms in total. The Morgan fingerprint density at radius 3 is 2.09 bits per heavy atom. The van der Waals surface area contributed by atoms with Crippen LogP contribution in [0.2, 0.25) is 5.02 Å². The Labute approximate surface area is 198 Å². The highest BCUT2D eigenvalue weighted by molar-refractivity contribution is 7.92. The number of hydroxylamine groups is 2. The summed E-state index contributed by atoms with van der Waals surface area (Å²) in [6.07, 6.45) is 0. The quantitative estimate of drug-likeness (QED) is 0.503. The van der Waals surface area contributed by atoms with Gasteiger partial charge in [-0.2, -0.15) is 5.06 Å². The maximum absolute atomic E-state index is 13.4. The van der Waals surface area contributed by atoms with Crippen molar-refractivity contribution in [2.24, 2.45) is 0 Å². The number of hydrogen-bond acceptors (Lipinski definition) is 6. The second-order valence-corrected chi connectivity index (χ2v) is 11.9. The highest BCUT2D eigenvalue weighted by Crippen LogP contribution is 2.37. The van der Waals surface area contributed by atoms with Gasteiger partial charge in [0.25, 0.3) is 0 Å². The number of halogens is 1. The fourth-order valence-corrected chi connectivity index (χ4v) is 6.70. The van der Waals surface area contributed by atoms with Gasteiger partial charge in [-0.1, -0.05) is 60.1 Å². The van der Waals surface area contributed by atoms with Crippen molar-refractivity contribution in [1.29, 1.82) is 0 Å². The van der Waals surface area contributed by atoms with Crippen LogP contribution >= 0.6 is 11.6 Å². The van der Waals surface area contributed by atoms with Crippen LogP contribution in [0.4, 0.5) is 0 Å². The predicted molar refractivity (Wildman–Crippen MR) is 126 cm³/mol. The number of nitrogens with one attached hydrogen (secondary N) is 1. The number of hydrogen-bond donors (Lipinski definition) is 1. The first-order valence-electron chi connectivity index (χ1n) is 10.3. The van der Waals surface area contributed by atoms with Crippen molar-refractivity contribution in [3.8, 4) is 0 Å². The third-order valence-corrected chi connectivity index (χ3v) is 9.28. The van der Waals surface area contributed by atoms with Crippen molar-refractivity contribution in [1.82, 2.24) is 9.79 Å². The molecule has 0 spiro atoms. The summed E-state index contributed by atoms with van der Waals surface area (Å²) in [7, 11) is -7.43. The lowest BCUT2D eigenvalue weighted by Crippen LogP contribution is -2.37. The Balaban J connectivity index is 1.53. The van der Waals surface area contributed by atoms with Gasteiger partial charge >= 0.3 is 0 Å². The van der Waals surface area contributed by atoms with E-state index in [2.05, 4.69) is 4.72 Å². The molecule has 1 N–H and O–H groups in total. The first-order chi connectivity index (χ1) is 15.8. The van der Waals surface area contributed by atoms with Crippen LogP contribution in [0.5, 0.6) is 0 Å². The van der Waals surface area contributed by atoms with Crippen molar-refractivity contribution in [2.45, 2.75) is 21.1 Å². The van der Waals surface area contributed by atoms with E-state index in [9.17, 15) is 16.8 Å². The van der Waals surface area contributed by atoms with E-state index < -0.39 is 31.2 Å². The molecule has 33 heavy (non-hydrogen) atoms. The van der Waals surface area contributed by atoms with Gasteiger partial charge in [0.2, 0.25) is 10.0 Å². The molecule has 1 fully saturated rings. The van der Waals surface area contributed by atoms with Crippen LogP contribution in [0.3, 0.4) is 0 Å². The largest absolute Gasteiger partial charge is 0.297 e. The molecule has 1 aliphatic rings. The Morgan fingerprint density at radius 1 is 0.848 bits per heavy atom. The fraction of sp³-hybridized carbons (Fsp3) is 0.217. The molecule has 2 atom stereocenters. The van der Waals surface area contributed by atoms with Crippen molar-refractivity contribution >= 4 is 31.5 Å². The number of sulfone groups is 1. The van der Waals surface area contributed by atoms with Crippen molar-refractivity contribution in [2.75, 3.05) is 19.7 Å². The first-order valence-corrected chi connectivity index (χ1v) is 13.7. The number of sulfonamides is 1. The standard InChI is InChI=1S/C23H23ClN2O5S2/c24-19-11-13-21(14-12-19)33(29,30)25-15-16-26-23(18-7-3-1-4-8-18)22(17-31-26)32(27,28)20-9-5-2-6-10-20/h1-14,22-23,25H,15-17H2/t22-,23-/m0/s1. The minimum absolute atomic E-state index is 0.0271. The topological polar surface area (TPSA) is 92.8 Å². The molecule has 10 heteroatoms. The summed E-state index contributed by atoms with van der Waals surface area (Å²) in [6.45, 7) is 0.167. The Kier molecular flexibility index (Phi) is 7.18. The summed E-state index contributed by atoms with van der Waals surface area (Å²) in [6, 6.07) is 22.7. The number of nitrogens with zero attached hydrogens (tertiary/aromatic N) is 1. The van der Waals surface area contributed by atoms with E-state index in [1.54, 1.807) is 35.4 Å². The van der Waals surface area contributed by atoms with Crippen molar-refractivity contribution < 1.29 is 21.7 Å². The van der Waals surface area contributed by atoms with Crippen molar-refractivity contribution in [3.05, 3.63) is 95.5 Å². The summed E-state index contributed by atoms with van der Waals surface area (Å²) < 4.78 is 54.4. The average Bonchev–Trinajstić information content (AvgIpc) is 3.25. The molecule has 1 heterocycles. The third-order valence-electron chi connectivity index (χ3n) is 5.43. The first kappa shape index (κ1) is 23.9. The van der Waals surface area contributed by atoms with E-state index in [0.29, 0.717) is 5.02 Å². The molecule has 0 amide bonds. The summed E-state index contributed by atoms with van der Waals surface area (Å²) >= 11 is 5.83. The molecular weight excluding hydrogens is 484 g/mol. The lowest BCUT2D eigenvalue weighted by molar-refractivity contribution is -0.131. The van der Waals surface area contributed by atoms with Gasteiger partial charge in [0.1, 0.15) is 5.25 Å². The van der Waals surface area contributed by atoms with E-state index in [0.717, 1.165) is 5.56 Å². The van der Waals surface area contributed by atoms with Crippen LogP contribution in [-0.4, -0.2) is 46.8 Å².